The van der Waals surface area contributed by atoms with Gasteiger partial charge in [-0.1, -0.05) is 25.1 Å². The molecule has 0 aliphatic heterocycles. The van der Waals surface area contributed by atoms with Gasteiger partial charge in [-0.2, -0.15) is 0 Å². The van der Waals surface area contributed by atoms with E-state index in [1.165, 1.54) is 37.6 Å². The van der Waals surface area contributed by atoms with E-state index in [2.05, 4.69) is 15.6 Å². The van der Waals surface area contributed by atoms with Crippen molar-refractivity contribution in [3.63, 3.8) is 0 Å². The minimum atomic E-state index is -3.50. The van der Waals surface area contributed by atoms with E-state index in [1.807, 2.05) is 6.92 Å². The predicted molar refractivity (Wildman–Crippen MR) is 129 cm³/mol. The van der Waals surface area contributed by atoms with Gasteiger partial charge >= 0.3 is 0 Å². The fourth-order valence-electron chi connectivity index (χ4n) is 3.30. The average Bonchev–Trinajstić information content (AvgIpc) is 3.35. The molecule has 1 saturated carbocycles. The standard InChI is InChI=1S/C23H24N4O4S2/c1-14-11-19(14)22(29)24-17-6-4-5-16(12-17)21(28)26-23-25-20(13-32-23)15-7-9-18(10-8-15)33(30,31)27(2)3/h4-10,12-14,19H,11H2,1-3H3,(H,24,29)(H,25,26,28). The summed E-state index contributed by atoms with van der Waals surface area (Å²) in [5.41, 5.74) is 2.36. The lowest BCUT2D eigenvalue weighted by atomic mass is 10.2. The van der Waals surface area contributed by atoms with Gasteiger partial charge in [0, 0.05) is 42.2 Å². The quantitative estimate of drug-likeness (QED) is 0.529. The summed E-state index contributed by atoms with van der Waals surface area (Å²) in [7, 11) is -0.536. The van der Waals surface area contributed by atoms with Crippen LogP contribution in [0, 0.1) is 11.8 Å². The Morgan fingerprint density at radius 3 is 2.42 bits per heavy atom. The summed E-state index contributed by atoms with van der Waals surface area (Å²) in [5, 5.41) is 7.85. The van der Waals surface area contributed by atoms with Crippen LogP contribution in [0.4, 0.5) is 10.8 Å². The van der Waals surface area contributed by atoms with Crippen LogP contribution in [0.2, 0.25) is 0 Å². The van der Waals surface area contributed by atoms with Gasteiger partial charge in [0.05, 0.1) is 10.6 Å². The van der Waals surface area contributed by atoms with E-state index in [0.717, 1.165) is 16.3 Å². The number of amides is 2. The van der Waals surface area contributed by atoms with Gasteiger partial charge in [-0.05, 0) is 42.7 Å². The van der Waals surface area contributed by atoms with Gasteiger partial charge in [0.2, 0.25) is 15.9 Å². The summed E-state index contributed by atoms with van der Waals surface area (Å²) >= 11 is 1.27. The molecule has 1 fully saturated rings. The number of aromatic nitrogens is 1. The molecule has 172 valence electrons. The number of anilines is 2. The zero-order chi connectivity index (χ0) is 23.8. The summed E-state index contributed by atoms with van der Waals surface area (Å²) in [4.78, 5) is 29.5. The van der Waals surface area contributed by atoms with Crippen LogP contribution in [-0.2, 0) is 14.8 Å². The number of carbonyl (C=O) groups excluding carboxylic acids is 2. The Labute approximate surface area is 196 Å². The second kappa shape index (κ2) is 9.05. The summed E-state index contributed by atoms with van der Waals surface area (Å²) in [6.45, 7) is 2.04. The van der Waals surface area contributed by atoms with E-state index in [4.69, 9.17) is 0 Å². The first-order chi connectivity index (χ1) is 15.6. The molecule has 2 N–H and O–H groups in total. The van der Waals surface area contributed by atoms with E-state index in [0.29, 0.717) is 28.0 Å². The van der Waals surface area contributed by atoms with Crippen molar-refractivity contribution >= 4 is 44.0 Å². The zero-order valence-electron chi connectivity index (χ0n) is 18.4. The van der Waals surface area contributed by atoms with Crippen molar-refractivity contribution in [3.05, 3.63) is 59.5 Å². The molecule has 0 spiro atoms. The highest BCUT2D eigenvalue weighted by molar-refractivity contribution is 7.89. The molecule has 2 unspecified atom stereocenters. The van der Waals surface area contributed by atoms with Crippen LogP contribution in [0.3, 0.4) is 0 Å². The first-order valence-corrected chi connectivity index (χ1v) is 12.7. The highest BCUT2D eigenvalue weighted by atomic mass is 32.2. The highest BCUT2D eigenvalue weighted by Crippen LogP contribution is 2.38. The van der Waals surface area contributed by atoms with Gasteiger partial charge in [-0.15, -0.1) is 11.3 Å². The van der Waals surface area contributed by atoms with Crippen LogP contribution in [0.25, 0.3) is 11.3 Å². The number of thiazole rings is 1. The summed E-state index contributed by atoms with van der Waals surface area (Å²) in [6.07, 6.45) is 0.895. The Bertz CT molecular complexity index is 1300. The number of rotatable bonds is 7. The Morgan fingerprint density at radius 1 is 1.09 bits per heavy atom. The molecule has 2 aromatic carbocycles. The van der Waals surface area contributed by atoms with E-state index in [1.54, 1.807) is 41.8 Å². The van der Waals surface area contributed by atoms with E-state index >= 15 is 0 Å². The smallest absolute Gasteiger partial charge is 0.257 e. The van der Waals surface area contributed by atoms with Gasteiger partial charge in [0.1, 0.15) is 0 Å². The maximum Gasteiger partial charge on any atom is 0.257 e. The van der Waals surface area contributed by atoms with Crippen molar-refractivity contribution in [3.8, 4) is 11.3 Å². The van der Waals surface area contributed by atoms with Crippen molar-refractivity contribution < 1.29 is 18.0 Å². The van der Waals surface area contributed by atoms with Crippen LogP contribution in [-0.4, -0.2) is 43.6 Å². The summed E-state index contributed by atoms with van der Waals surface area (Å²) < 4.78 is 25.6. The second-order valence-electron chi connectivity index (χ2n) is 8.19. The SMILES string of the molecule is CC1CC1C(=O)Nc1cccc(C(=O)Nc2nc(-c3ccc(S(=O)(=O)N(C)C)cc3)cs2)c1. The minimum absolute atomic E-state index is 0.0194. The van der Waals surface area contributed by atoms with E-state index in [9.17, 15) is 18.0 Å². The number of hydrogen-bond donors (Lipinski definition) is 2. The normalized spacial score (nSPS) is 17.6. The molecule has 8 nitrogen and oxygen atoms in total. The van der Waals surface area contributed by atoms with Gasteiger partial charge < -0.3 is 5.32 Å². The van der Waals surface area contributed by atoms with Crippen molar-refractivity contribution in [1.82, 2.24) is 9.29 Å². The van der Waals surface area contributed by atoms with Crippen LogP contribution >= 0.6 is 11.3 Å². The van der Waals surface area contributed by atoms with Crippen LogP contribution in [0.15, 0.2) is 58.8 Å². The fourth-order valence-corrected chi connectivity index (χ4v) is 4.92. The summed E-state index contributed by atoms with van der Waals surface area (Å²) in [5.74, 6) is 0.102. The first-order valence-electron chi connectivity index (χ1n) is 10.4. The molecule has 4 rings (SSSR count). The molecule has 0 bridgehead atoms. The molecule has 10 heteroatoms. The third kappa shape index (κ3) is 5.13. The van der Waals surface area contributed by atoms with Gasteiger partial charge in [0.25, 0.3) is 5.91 Å². The lowest BCUT2D eigenvalue weighted by Crippen LogP contribution is -2.22. The maximum absolute atomic E-state index is 12.7. The number of benzene rings is 2. The van der Waals surface area contributed by atoms with Crippen LogP contribution in [0.5, 0.6) is 0 Å². The fraction of sp³-hybridized carbons (Fsp3) is 0.261. The van der Waals surface area contributed by atoms with Crippen molar-refractivity contribution in [2.75, 3.05) is 24.7 Å². The molecule has 3 aromatic rings. The topological polar surface area (TPSA) is 108 Å². The largest absolute Gasteiger partial charge is 0.326 e. The Kier molecular flexibility index (Phi) is 6.33. The lowest BCUT2D eigenvalue weighted by molar-refractivity contribution is -0.117. The number of nitrogens with zero attached hydrogens (tertiary/aromatic N) is 2. The molecule has 1 aliphatic rings. The Hall–Kier alpha value is -3.08. The van der Waals surface area contributed by atoms with Crippen LogP contribution < -0.4 is 10.6 Å². The average molecular weight is 485 g/mol. The molecule has 1 heterocycles. The van der Waals surface area contributed by atoms with Gasteiger partial charge in [-0.25, -0.2) is 17.7 Å². The third-order valence-electron chi connectivity index (χ3n) is 5.49. The molecule has 1 aromatic heterocycles. The first kappa shape index (κ1) is 23.1. The molecule has 2 atom stereocenters. The summed E-state index contributed by atoms with van der Waals surface area (Å²) in [6, 6.07) is 13.2. The number of sulfonamides is 1. The minimum Gasteiger partial charge on any atom is -0.326 e. The monoisotopic (exact) mass is 484 g/mol. The van der Waals surface area contributed by atoms with Gasteiger partial charge in [-0.3, -0.25) is 14.9 Å². The molecule has 33 heavy (non-hydrogen) atoms. The number of hydrogen-bond acceptors (Lipinski definition) is 6. The molecular weight excluding hydrogens is 460 g/mol. The van der Waals surface area contributed by atoms with Crippen LogP contribution in [0.1, 0.15) is 23.7 Å². The molecular formula is C23H24N4O4S2. The number of nitrogens with one attached hydrogen (secondary N) is 2. The second-order valence-corrected chi connectivity index (χ2v) is 11.2. The van der Waals surface area contributed by atoms with E-state index < -0.39 is 10.0 Å². The van der Waals surface area contributed by atoms with Gasteiger partial charge in [0.15, 0.2) is 5.13 Å². The zero-order valence-corrected chi connectivity index (χ0v) is 20.0. The van der Waals surface area contributed by atoms with E-state index in [-0.39, 0.29) is 22.6 Å². The molecule has 0 radical (unpaired) electrons. The Balaban J connectivity index is 1.43. The molecule has 1 aliphatic carbocycles. The lowest BCUT2D eigenvalue weighted by Gasteiger charge is -2.11. The number of carbonyl (C=O) groups is 2. The molecule has 0 saturated heterocycles. The highest BCUT2D eigenvalue weighted by Gasteiger charge is 2.39. The van der Waals surface area contributed by atoms with Crippen molar-refractivity contribution in [2.45, 2.75) is 18.2 Å². The maximum atomic E-state index is 12.7. The Morgan fingerprint density at radius 2 is 1.79 bits per heavy atom. The van der Waals surface area contributed by atoms with Crippen molar-refractivity contribution in [1.29, 1.82) is 0 Å². The predicted octanol–water partition coefficient (Wildman–Crippen LogP) is 3.91. The van der Waals surface area contributed by atoms with Crippen molar-refractivity contribution in [2.24, 2.45) is 11.8 Å². The molecule has 2 amide bonds. The third-order valence-corrected chi connectivity index (χ3v) is 8.08.